The number of aromatic hydroxyl groups is 1. The maximum Gasteiger partial charge on any atom is 0.264 e. The van der Waals surface area contributed by atoms with Crippen LogP contribution in [-0.2, 0) is 4.79 Å². The molecule has 4 N–H and O–H groups in total. The van der Waals surface area contributed by atoms with Crippen LogP contribution in [-0.4, -0.2) is 22.1 Å². The van der Waals surface area contributed by atoms with E-state index < -0.39 is 5.91 Å². The maximum absolute atomic E-state index is 12.2. The number of aliphatic imine (C=N–C) groups is 1. The van der Waals surface area contributed by atoms with E-state index in [1.807, 2.05) is 0 Å². The van der Waals surface area contributed by atoms with E-state index >= 15 is 0 Å². The maximum atomic E-state index is 12.2. The number of furan rings is 1. The number of hydrogen-bond acceptors (Lipinski definition) is 6. The highest BCUT2D eigenvalue weighted by Crippen LogP contribution is 2.30. The lowest BCUT2D eigenvalue weighted by Crippen LogP contribution is -2.19. The molecule has 2 heterocycles. The number of phenolic OH excluding ortho intramolecular Hbond substituents is 1. The third-order valence-corrected chi connectivity index (χ3v) is 4.95. The molecule has 1 aliphatic heterocycles. The lowest BCUT2D eigenvalue weighted by atomic mass is 10.1. The van der Waals surface area contributed by atoms with Crippen molar-refractivity contribution >= 4 is 40.5 Å². The predicted octanol–water partition coefficient (Wildman–Crippen LogP) is 3.64. The molecule has 0 aliphatic carbocycles. The first-order valence-corrected chi connectivity index (χ1v) is 9.38. The zero-order valence-corrected chi connectivity index (χ0v) is 15.8. The van der Waals surface area contributed by atoms with E-state index in [1.165, 1.54) is 17.8 Å². The fourth-order valence-electron chi connectivity index (χ4n) is 2.70. The van der Waals surface area contributed by atoms with Gasteiger partial charge in [-0.15, -0.1) is 0 Å². The summed E-state index contributed by atoms with van der Waals surface area (Å²) in [5.74, 6) is 0.333. The van der Waals surface area contributed by atoms with Crippen LogP contribution < -0.4 is 11.1 Å². The van der Waals surface area contributed by atoms with Gasteiger partial charge in [0.15, 0.2) is 5.17 Å². The molecule has 1 saturated heterocycles. The van der Waals surface area contributed by atoms with Crippen LogP contribution >= 0.6 is 11.8 Å². The van der Waals surface area contributed by atoms with Crippen molar-refractivity contribution in [3.05, 3.63) is 76.9 Å². The summed E-state index contributed by atoms with van der Waals surface area (Å²) >= 11 is 1.17. The topological polar surface area (TPSA) is 118 Å². The third kappa shape index (κ3) is 4.22. The number of rotatable bonds is 4. The van der Waals surface area contributed by atoms with Crippen molar-refractivity contribution in [3.8, 4) is 17.1 Å². The predicted molar refractivity (Wildman–Crippen MR) is 112 cm³/mol. The van der Waals surface area contributed by atoms with E-state index in [2.05, 4.69) is 10.3 Å². The number of amidine groups is 1. The Morgan fingerprint density at radius 2 is 1.97 bits per heavy atom. The summed E-state index contributed by atoms with van der Waals surface area (Å²) < 4.78 is 5.79. The normalized spacial score (nSPS) is 16.3. The molecule has 4 rings (SSSR count). The molecule has 1 aromatic heterocycles. The number of primary amides is 1. The van der Waals surface area contributed by atoms with Gasteiger partial charge in [-0.1, -0.05) is 18.2 Å². The molecule has 29 heavy (non-hydrogen) atoms. The standard InChI is InChI=1S/C21H15N3O4S/c22-19(26)13-4-1-3-12(9-13)17-8-7-16(28-17)11-18-20(27)24-21(29-18)23-14-5-2-6-15(25)10-14/h1-11,25H,(H2,22,26)(H,23,24,27)/b18-11+. The molecular formula is C21H15N3O4S. The Hall–Kier alpha value is -3.78. The van der Waals surface area contributed by atoms with Crippen LogP contribution in [0.15, 0.2) is 75.0 Å². The van der Waals surface area contributed by atoms with Crippen molar-refractivity contribution in [1.82, 2.24) is 5.32 Å². The van der Waals surface area contributed by atoms with E-state index in [9.17, 15) is 14.7 Å². The SMILES string of the molecule is NC(=O)c1cccc(-c2ccc(/C=C3/SC(=Nc4cccc(O)c4)NC3=O)o2)c1. The van der Waals surface area contributed by atoms with E-state index in [0.29, 0.717) is 38.4 Å². The molecule has 2 aromatic carbocycles. The molecular weight excluding hydrogens is 390 g/mol. The van der Waals surface area contributed by atoms with Crippen LogP contribution in [0.5, 0.6) is 5.75 Å². The Kier molecular flexibility index (Phi) is 4.92. The highest BCUT2D eigenvalue weighted by Gasteiger charge is 2.24. The lowest BCUT2D eigenvalue weighted by Gasteiger charge is -1.99. The molecule has 1 aliphatic rings. The van der Waals surface area contributed by atoms with Crippen molar-refractivity contribution in [2.75, 3.05) is 0 Å². The third-order valence-electron chi connectivity index (χ3n) is 4.04. The Balaban J connectivity index is 1.55. The van der Waals surface area contributed by atoms with Crippen molar-refractivity contribution in [2.24, 2.45) is 10.7 Å². The molecule has 8 heteroatoms. The van der Waals surface area contributed by atoms with Gasteiger partial charge in [-0.25, -0.2) is 4.99 Å². The van der Waals surface area contributed by atoms with E-state index in [1.54, 1.807) is 60.7 Å². The molecule has 7 nitrogen and oxygen atoms in total. The van der Waals surface area contributed by atoms with E-state index in [0.717, 1.165) is 0 Å². The summed E-state index contributed by atoms with van der Waals surface area (Å²) in [6.07, 6.45) is 1.62. The lowest BCUT2D eigenvalue weighted by molar-refractivity contribution is -0.115. The molecule has 0 radical (unpaired) electrons. The summed E-state index contributed by atoms with van der Waals surface area (Å²) in [7, 11) is 0. The smallest absolute Gasteiger partial charge is 0.264 e. The summed E-state index contributed by atoms with van der Waals surface area (Å²) in [6, 6.07) is 16.7. The fourth-order valence-corrected chi connectivity index (χ4v) is 3.52. The first-order chi connectivity index (χ1) is 14.0. The van der Waals surface area contributed by atoms with Gasteiger partial charge in [0.1, 0.15) is 17.3 Å². The van der Waals surface area contributed by atoms with Gasteiger partial charge in [-0.3, -0.25) is 9.59 Å². The van der Waals surface area contributed by atoms with Gasteiger partial charge in [-0.2, -0.15) is 0 Å². The number of carbonyl (C=O) groups is 2. The van der Waals surface area contributed by atoms with Crippen molar-refractivity contribution in [2.45, 2.75) is 0 Å². The van der Waals surface area contributed by atoms with Gasteiger partial charge in [0.2, 0.25) is 5.91 Å². The van der Waals surface area contributed by atoms with Gasteiger partial charge in [0.25, 0.3) is 5.91 Å². The second kappa shape index (κ2) is 7.69. The molecule has 2 amide bonds. The number of benzene rings is 2. The Morgan fingerprint density at radius 3 is 2.76 bits per heavy atom. The summed E-state index contributed by atoms with van der Waals surface area (Å²) in [5, 5.41) is 12.6. The van der Waals surface area contributed by atoms with Crippen LogP contribution in [0, 0.1) is 0 Å². The van der Waals surface area contributed by atoms with Crippen molar-refractivity contribution < 1.29 is 19.1 Å². The molecule has 0 bridgehead atoms. The Morgan fingerprint density at radius 1 is 1.14 bits per heavy atom. The number of phenols is 1. The minimum atomic E-state index is -0.515. The van der Waals surface area contributed by atoms with Gasteiger partial charge >= 0.3 is 0 Å². The first kappa shape index (κ1) is 18.6. The number of amides is 2. The zero-order chi connectivity index (χ0) is 20.4. The van der Waals surface area contributed by atoms with Crippen LogP contribution in [0.25, 0.3) is 17.4 Å². The molecule has 0 unspecified atom stereocenters. The molecule has 1 fully saturated rings. The molecule has 0 saturated carbocycles. The Bertz CT molecular complexity index is 1180. The molecule has 0 spiro atoms. The highest BCUT2D eigenvalue weighted by atomic mass is 32.2. The second-order valence-corrected chi connectivity index (χ2v) is 7.18. The Labute approximate surface area is 169 Å². The van der Waals surface area contributed by atoms with Gasteiger partial charge in [0.05, 0.1) is 10.6 Å². The minimum absolute atomic E-state index is 0.0976. The van der Waals surface area contributed by atoms with Crippen LogP contribution in [0.1, 0.15) is 16.1 Å². The number of nitrogens with one attached hydrogen (secondary N) is 1. The van der Waals surface area contributed by atoms with Gasteiger partial charge < -0.3 is 20.6 Å². The molecule has 3 aromatic rings. The zero-order valence-electron chi connectivity index (χ0n) is 15.0. The largest absolute Gasteiger partial charge is 0.508 e. The number of nitrogens with zero attached hydrogens (tertiary/aromatic N) is 1. The molecule has 144 valence electrons. The number of thioether (sulfide) groups is 1. The monoisotopic (exact) mass is 405 g/mol. The summed E-state index contributed by atoms with van der Waals surface area (Å²) in [4.78, 5) is 28.3. The average molecular weight is 405 g/mol. The van der Waals surface area contributed by atoms with Crippen molar-refractivity contribution in [3.63, 3.8) is 0 Å². The van der Waals surface area contributed by atoms with Crippen LogP contribution in [0.4, 0.5) is 5.69 Å². The quantitative estimate of drug-likeness (QED) is 0.573. The molecule has 0 atom stereocenters. The number of carbonyl (C=O) groups excluding carboxylic acids is 2. The highest BCUT2D eigenvalue weighted by molar-refractivity contribution is 8.18. The van der Waals surface area contributed by atoms with Crippen molar-refractivity contribution in [1.29, 1.82) is 0 Å². The number of hydrogen-bond donors (Lipinski definition) is 3. The first-order valence-electron chi connectivity index (χ1n) is 8.57. The van der Waals surface area contributed by atoms with Crippen LogP contribution in [0.3, 0.4) is 0 Å². The second-order valence-electron chi connectivity index (χ2n) is 6.15. The number of nitrogens with two attached hydrogens (primary N) is 1. The summed E-state index contributed by atoms with van der Waals surface area (Å²) in [5.41, 5.74) is 6.94. The fraction of sp³-hybridized carbons (Fsp3) is 0. The van der Waals surface area contributed by atoms with Gasteiger partial charge in [0, 0.05) is 23.3 Å². The summed E-state index contributed by atoms with van der Waals surface area (Å²) in [6.45, 7) is 0. The average Bonchev–Trinajstić information content (AvgIpc) is 3.29. The van der Waals surface area contributed by atoms with E-state index in [-0.39, 0.29) is 11.7 Å². The van der Waals surface area contributed by atoms with E-state index in [4.69, 9.17) is 10.2 Å². The van der Waals surface area contributed by atoms with Crippen LogP contribution in [0.2, 0.25) is 0 Å². The van der Waals surface area contributed by atoms with Gasteiger partial charge in [-0.05, 0) is 48.2 Å². The minimum Gasteiger partial charge on any atom is -0.508 e.